The van der Waals surface area contributed by atoms with E-state index in [2.05, 4.69) is 10.3 Å². The van der Waals surface area contributed by atoms with Gasteiger partial charge in [-0.3, -0.25) is 0 Å². The van der Waals surface area contributed by atoms with Crippen LogP contribution in [0.1, 0.15) is 23.3 Å². The molecule has 3 rings (SSSR count). The Morgan fingerprint density at radius 3 is 2.86 bits per heavy atom. The molecule has 5 nitrogen and oxygen atoms in total. The monoisotopic (exact) mass is 286 g/mol. The number of rotatable bonds is 4. The second-order valence-corrected chi connectivity index (χ2v) is 5.31. The van der Waals surface area contributed by atoms with Crippen LogP contribution in [0.4, 0.5) is 5.69 Å². The van der Waals surface area contributed by atoms with Crippen LogP contribution in [0.3, 0.4) is 0 Å². The third kappa shape index (κ3) is 3.13. The number of pyridine rings is 1. The minimum absolute atomic E-state index is 0.0724. The van der Waals surface area contributed by atoms with Crippen LogP contribution in [0.15, 0.2) is 30.3 Å². The quantitative estimate of drug-likeness (QED) is 0.904. The third-order valence-corrected chi connectivity index (χ3v) is 3.86. The summed E-state index contributed by atoms with van der Waals surface area (Å²) >= 11 is 0. The van der Waals surface area contributed by atoms with Gasteiger partial charge < -0.3 is 15.2 Å². The molecular formula is C16H18N2O3. The molecule has 2 aromatic rings. The molecular weight excluding hydrogens is 268 g/mol. The van der Waals surface area contributed by atoms with Crippen molar-refractivity contribution in [2.24, 2.45) is 5.92 Å². The Hall–Kier alpha value is -2.14. The van der Waals surface area contributed by atoms with E-state index >= 15 is 0 Å². The van der Waals surface area contributed by atoms with Crippen molar-refractivity contribution in [1.82, 2.24) is 4.98 Å². The Kier molecular flexibility index (Phi) is 4.01. The maximum Gasteiger partial charge on any atom is 0.354 e. The van der Waals surface area contributed by atoms with E-state index in [0.29, 0.717) is 11.4 Å². The first-order valence-electron chi connectivity index (χ1n) is 7.19. The van der Waals surface area contributed by atoms with Gasteiger partial charge in [0.15, 0.2) is 5.69 Å². The van der Waals surface area contributed by atoms with Crippen molar-refractivity contribution in [3.05, 3.63) is 36.0 Å². The van der Waals surface area contributed by atoms with E-state index in [9.17, 15) is 9.90 Å². The molecule has 1 aliphatic rings. The molecule has 1 saturated heterocycles. The normalized spacial score (nSPS) is 16.0. The van der Waals surface area contributed by atoms with Gasteiger partial charge in [0.05, 0.1) is 5.52 Å². The summed E-state index contributed by atoms with van der Waals surface area (Å²) in [5, 5.41) is 13.5. The molecule has 0 unspecified atom stereocenters. The van der Waals surface area contributed by atoms with Crippen LogP contribution < -0.4 is 5.32 Å². The standard InChI is InChI=1S/C16H18N2O3/c19-16(20)15-9-14(12-3-1-2-4-13(12)18-15)17-10-11-5-7-21-8-6-11/h1-4,9,11H,5-8,10H2,(H,17,18)(H,19,20). The number of aromatic nitrogens is 1. The van der Waals surface area contributed by atoms with E-state index < -0.39 is 5.97 Å². The predicted molar refractivity (Wildman–Crippen MR) is 80.7 cm³/mol. The summed E-state index contributed by atoms with van der Waals surface area (Å²) < 4.78 is 5.36. The second-order valence-electron chi connectivity index (χ2n) is 5.31. The number of fused-ring (bicyclic) bond motifs is 1. The molecule has 0 spiro atoms. The highest BCUT2D eigenvalue weighted by Gasteiger charge is 2.15. The van der Waals surface area contributed by atoms with Gasteiger partial charge in [-0.25, -0.2) is 9.78 Å². The molecule has 21 heavy (non-hydrogen) atoms. The van der Waals surface area contributed by atoms with Gasteiger partial charge in [-0.1, -0.05) is 18.2 Å². The van der Waals surface area contributed by atoms with Crippen molar-refractivity contribution in [2.45, 2.75) is 12.8 Å². The number of benzene rings is 1. The number of ether oxygens (including phenoxy) is 1. The highest BCUT2D eigenvalue weighted by atomic mass is 16.5. The number of anilines is 1. The Labute approximate surface area is 123 Å². The second kappa shape index (κ2) is 6.10. The van der Waals surface area contributed by atoms with Crippen LogP contribution in [0.25, 0.3) is 10.9 Å². The lowest BCUT2D eigenvalue weighted by Gasteiger charge is -2.23. The van der Waals surface area contributed by atoms with Crippen LogP contribution in [0.5, 0.6) is 0 Å². The number of carbonyl (C=O) groups is 1. The molecule has 0 amide bonds. The smallest absolute Gasteiger partial charge is 0.354 e. The lowest BCUT2D eigenvalue weighted by molar-refractivity contribution is 0.0691. The summed E-state index contributed by atoms with van der Waals surface area (Å²) in [4.78, 5) is 15.4. The number of carboxylic acids is 1. The number of carboxylic acid groups (broad SMARTS) is 1. The SMILES string of the molecule is O=C(O)c1cc(NCC2CCOCC2)c2ccccc2n1. The fourth-order valence-electron chi connectivity index (χ4n) is 2.64. The topological polar surface area (TPSA) is 71.5 Å². The average Bonchev–Trinajstić information content (AvgIpc) is 2.53. The number of hydrogen-bond donors (Lipinski definition) is 2. The summed E-state index contributed by atoms with van der Waals surface area (Å²) in [6.07, 6.45) is 2.09. The maximum atomic E-state index is 11.2. The largest absolute Gasteiger partial charge is 0.477 e. The van der Waals surface area contributed by atoms with Crippen molar-refractivity contribution in [3.63, 3.8) is 0 Å². The molecule has 0 aliphatic carbocycles. The van der Waals surface area contributed by atoms with Gasteiger partial charge in [-0.05, 0) is 30.9 Å². The number of nitrogens with zero attached hydrogens (tertiary/aromatic N) is 1. The number of aromatic carboxylic acids is 1. The first-order chi connectivity index (χ1) is 10.2. The van der Waals surface area contributed by atoms with Gasteiger partial charge in [-0.2, -0.15) is 0 Å². The fraction of sp³-hybridized carbons (Fsp3) is 0.375. The highest BCUT2D eigenvalue weighted by molar-refractivity contribution is 5.97. The Balaban J connectivity index is 1.86. The zero-order chi connectivity index (χ0) is 14.7. The fourth-order valence-corrected chi connectivity index (χ4v) is 2.64. The summed E-state index contributed by atoms with van der Waals surface area (Å²) in [6, 6.07) is 9.21. The van der Waals surface area contributed by atoms with Crippen LogP contribution in [0.2, 0.25) is 0 Å². The van der Waals surface area contributed by atoms with Crippen LogP contribution in [-0.2, 0) is 4.74 Å². The molecule has 110 valence electrons. The third-order valence-electron chi connectivity index (χ3n) is 3.86. The van der Waals surface area contributed by atoms with Crippen molar-refractivity contribution in [3.8, 4) is 0 Å². The molecule has 2 heterocycles. The maximum absolute atomic E-state index is 11.2. The van der Waals surface area contributed by atoms with E-state index in [-0.39, 0.29) is 5.69 Å². The van der Waals surface area contributed by atoms with Crippen LogP contribution in [0, 0.1) is 5.92 Å². The van der Waals surface area contributed by atoms with Crippen molar-refractivity contribution < 1.29 is 14.6 Å². The minimum atomic E-state index is -1.00. The van der Waals surface area contributed by atoms with Gasteiger partial charge in [-0.15, -0.1) is 0 Å². The molecule has 1 aromatic carbocycles. The predicted octanol–water partition coefficient (Wildman–Crippen LogP) is 2.77. The van der Waals surface area contributed by atoms with Gasteiger partial charge in [0, 0.05) is 30.8 Å². The van der Waals surface area contributed by atoms with Gasteiger partial charge in [0.25, 0.3) is 0 Å². The van der Waals surface area contributed by atoms with Crippen LogP contribution in [-0.4, -0.2) is 35.8 Å². The molecule has 2 N–H and O–H groups in total. The van der Waals surface area contributed by atoms with E-state index in [1.807, 2.05) is 24.3 Å². The number of hydrogen-bond acceptors (Lipinski definition) is 4. The Bertz CT molecular complexity index is 651. The molecule has 1 aromatic heterocycles. The van der Waals surface area contributed by atoms with Gasteiger partial charge >= 0.3 is 5.97 Å². The highest BCUT2D eigenvalue weighted by Crippen LogP contribution is 2.24. The van der Waals surface area contributed by atoms with E-state index in [1.165, 1.54) is 0 Å². The first-order valence-corrected chi connectivity index (χ1v) is 7.19. The van der Waals surface area contributed by atoms with E-state index in [0.717, 1.165) is 43.7 Å². The summed E-state index contributed by atoms with van der Waals surface area (Å²) in [6.45, 7) is 2.45. The Morgan fingerprint density at radius 2 is 2.10 bits per heavy atom. The zero-order valence-electron chi connectivity index (χ0n) is 11.7. The lowest BCUT2D eigenvalue weighted by atomic mass is 10.00. The molecule has 0 bridgehead atoms. The van der Waals surface area contributed by atoms with Crippen molar-refractivity contribution in [2.75, 3.05) is 25.1 Å². The summed E-state index contributed by atoms with van der Waals surface area (Å²) in [5.41, 5.74) is 1.61. The number of para-hydroxylation sites is 1. The van der Waals surface area contributed by atoms with Crippen molar-refractivity contribution >= 4 is 22.6 Å². The molecule has 0 atom stereocenters. The average molecular weight is 286 g/mol. The Morgan fingerprint density at radius 1 is 1.33 bits per heavy atom. The zero-order valence-corrected chi connectivity index (χ0v) is 11.7. The molecule has 0 radical (unpaired) electrons. The van der Waals surface area contributed by atoms with Gasteiger partial charge in [0.1, 0.15) is 0 Å². The van der Waals surface area contributed by atoms with Crippen molar-refractivity contribution in [1.29, 1.82) is 0 Å². The minimum Gasteiger partial charge on any atom is -0.477 e. The van der Waals surface area contributed by atoms with E-state index in [4.69, 9.17) is 4.74 Å². The molecule has 5 heteroatoms. The summed E-state index contributed by atoms with van der Waals surface area (Å²) in [7, 11) is 0. The molecule has 1 aliphatic heterocycles. The number of nitrogens with one attached hydrogen (secondary N) is 1. The molecule has 1 fully saturated rings. The summed E-state index contributed by atoms with van der Waals surface area (Å²) in [5.74, 6) is -0.436. The van der Waals surface area contributed by atoms with Crippen LogP contribution >= 0.6 is 0 Å². The van der Waals surface area contributed by atoms with Gasteiger partial charge in [0.2, 0.25) is 0 Å². The van der Waals surface area contributed by atoms with E-state index in [1.54, 1.807) is 6.07 Å². The lowest BCUT2D eigenvalue weighted by Crippen LogP contribution is -2.22. The first kappa shape index (κ1) is 13.8. The molecule has 0 saturated carbocycles.